The van der Waals surface area contributed by atoms with Crippen LogP contribution in [0.1, 0.15) is 35.6 Å². The van der Waals surface area contributed by atoms with Crippen LogP contribution in [0.3, 0.4) is 0 Å². The van der Waals surface area contributed by atoms with Crippen molar-refractivity contribution in [1.82, 2.24) is 10.3 Å². The Morgan fingerprint density at radius 2 is 1.90 bits per heavy atom. The lowest BCUT2D eigenvalue weighted by Gasteiger charge is -2.09. The van der Waals surface area contributed by atoms with Gasteiger partial charge in [-0.2, -0.15) is 0 Å². The van der Waals surface area contributed by atoms with Crippen LogP contribution in [0.5, 0.6) is 0 Å². The molecule has 0 saturated carbocycles. The van der Waals surface area contributed by atoms with Crippen molar-refractivity contribution in [2.45, 2.75) is 31.6 Å². The summed E-state index contributed by atoms with van der Waals surface area (Å²) in [7, 11) is 0. The molecule has 3 nitrogen and oxygen atoms in total. The Kier molecular flexibility index (Phi) is 2.99. The average Bonchev–Trinajstić information content (AvgIpc) is 3.15. The van der Waals surface area contributed by atoms with Gasteiger partial charge in [0.1, 0.15) is 0 Å². The van der Waals surface area contributed by atoms with E-state index in [4.69, 9.17) is 4.98 Å². The summed E-state index contributed by atoms with van der Waals surface area (Å²) in [5, 5.41) is 2.89. The highest BCUT2D eigenvalue weighted by Crippen LogP contribution is 2.28. The zero-order valence-corrected chi connectivity index (χ0v) is 11.9. The minimum absolute atomic E-state index is 0.157. The van der Waals surface area contributed by atoms with Gasteiger partial charge in [0.25, 0.3) is 0 Å². The van der Waals surface area contributed by atoms with E-state index in [0.29, 0.717) is 12.3 Å². The van der Waals surface area contributed by atoms with E-state index < -0.39 is 0 Å². The number of hydrogen-bond acceptors (Lipinski definition) is 2. The molecule has 4 rings (SSSR count). The first-order chi connectivity index (χ1) is 10.3. The molecule has 2 heterocycles. The van der Waals surface area contributed by atoms with Gasteiger partial charge in [0.15, 0.2) is 0 Å². The first-order valence-corrected chi connectivity index (χ1v) is 7.65. The Morgan fingerprint density at radius 3 is 2.67 bits per heavy atom. The number of aryl methyl sites for hydroxylation is 2. The number of aromatic nitrogens is 1. The molecule has 0 radical (unpaired) electrons. The van der Waals surface area contributed by atoms with Crippen LogP contribution in [0.2, 0.25) is 0 Å². The van der Waals surface area contributed by atoms with Gasteiger partial charge in [0, 0.05) is 30.1 Å². The predicted octanol–water partition coefficient (Wildman–Crippen LogP) is 2.84. The van der Waals surface area contributed by atoms with Crippen LogP contribution in [0, 0.1) is 0 Å². The van der Waals surface area contributed by atoms with Gasteiger partial charge >= 0.3 is 0 Å². The summed E-state index contributed by atoms with van der Waals surface area (Å²) < 4.78 is 0. The summed E-state index contributed by atoms with van der Waals surface area (Å²) in [6.45, 7) is 0.759. The summed E-state index contributed by atoms with van der Waals surface area (Å²) in [4.78, 5) is 16.1. The number of fused-ring (bicyclic) bond motifs is 1. The van der Waals surface area contributed by atoms with E-state index in [9.17, 15) is 4.79 Å². The van der Waals surface area contributed by atoms with Crippen LogP contribution in [0.4, 0.5) is 0 Å². The number of hydrogen-bond donors (Lipinski definition) is 1. The fourth-order valence-electron chi connectivity index (χ4n) is 3.35. The number of nitrogens with one attached hydrogen (secondary N) is 1. The van der Waals surface area contributed by atoms with Crippen LogP contribution < -0.4 is 5.32 Å². The number of pyridine rings is 1. The molecule has 1 amide bonds. The molecular formula is C18H18N2O. The van der Waals surface area contributed by atoms with Gasteiger partial charge in [-0.15, -0.1) is 0 Å². The van der Waals surface area contributed by atoms with E-state index >= 15 is 0 Å². The molecule has 1 atom stereocenters. The molecule has 1 unspecified atom stereocenters. The van der Waals surface area contributed by atoms with Crippen molar-refractivity contribution in [2.24, 2.45) is 0 Å². The zero-order chi connectivity index (χ0) is 14.2. The van der Waals surface area contributed by atoms with E-state index in [1.807, 2.05) is 0 Å². The second-order valence-corrected chi connectivity index (χ2v) is 5.98. The van der Waals surface area contributed by atoms with Gasteiger partial charge in [-0.3, -0.25) is 9.78 Å². The van der Waals surface area contributed by atoms with Crippen molar-refractivity contribution in [3.8, 4) is 11.3 Å². The lowest BCUT2D eigenvalue weighted by Crippen LogP contribution is -2.13. The Hall–Kier alpha value is -2.16. The molecule has 1 aromatic carbocycles. The zero-order valence-electron chi connectivity index (χ0n) is 11.9. The maximum Gasteiger partial charge on any atom is 0.220 e. The van der Waals surface area contributed by atoms with Crippen molar-refractivity contribution >= 4 is 5.91 Å². The van der Waals surface area contributed by atoms with E-state index in [2.05, 4.69) is 41.7 Å². The van der Waals surface area contributed by atoms with Crippen LogP contribution in [0.15, 0.2) is 36.4 Å². The Labute approximate surface area is 124 Å². The molecule has 2 aromatic rings. The standard InChI is InChI=1S/C18H18N2O/c21-18-10-15(11-19-18)12-4-6-14(7-5-12)17-9-8-13-2-1-3-16(13)20-17/h4-9,15H,1-3,10-11H2,(H,19,21). The molecule has 0 bridgehead atoms. The van der Waals surface area contributed by atoms with Gasteiger partial charge in [-0.25, -0.2) is 0 Å². The molecule has 0 spiro atoms. The summed E-state index contributed by atoms with van der Waals surface area (Å²) in [6.07, 6.45) is 4.12. The largest absolute Gasteiger partial charge is 0.355 e. The average molecular weight is 278 g/mol. The highest BCUT2D eigenvalue weighted by Gasteiger charge is 2.22. The van der Waals surface area contributed by atoms with Crippen molar-refractivity contribution in [2.75, 3.05) is 6.54 Å². The number of amides is 1. The molecule has 2 aliphatic rings. The Bertz CT molecular complexity index is 691. The minimum Gasteiger partial charge on any atom is -0.355 e. The number of rotatable bonds is 2. The second-order valence-electron chi connectivity index (χ2n) is 5.98. The van der Waals surface area contributed by atoms with E-state index in [1.165, 1.54) is 29.7 Å². The van der Waals surface area contributed by atoms with E-state index in [1.54, 1.807) is 0 Å². The Balaban J connectivity index is 1.60. The van der Waals surface area contributed by atoms with Gasteiger partial charge in [0.05, 0.1) is 5.69 Å². The van der Waals surface area contributed by atoms with Crippen molar-refractivity contribution in [3.05, 3.63) is 53.2 Å². The van der Waals surface area contributed by atoms with Crippen LogP contribution in [-0.4, -0.2) is 17.4 Å². The maximum atomic E-state index is 11.3. The van der Waals surface area contributed by atoms with Crippen molar-refractivity contribution < 1.29 is 4.79 Å². The summed E-state index contributed by atoms with van der Waals surface area (Å²) >= 11 is 0. The first kappa shape index (κ1) is 12.6. The third-order valence-electron chi connectivity index (χ3n) is 4.58. The molecule has 1 aromatic heterocycles. The molecular weight excluding hydrogens is 260 g/mol. The lowest BCUT2D eigenvalue weighted by atomic mass is 9.96. The molecule has 1 N–H and O–H groups in total. The molecule has 1 aliphatic heterocycles. The summed E-state index contributed by atoms with van der Waals surface area (Å²) in [5.41, 5.74) is 6.12. The first-order valence-electron chi connectivity index (χ1n) is 7.65. The number of benzene rings is 1. The topological polar surface area (TPSA) is 42.0 Å². The molecule has 106 valence electrons. The van der Waals surface area contributed by atoms with Crippen molar-refractivity contribution in [1.29, 1.82) is 0 Å². The third-order valence-corrected chi connectivity index (χ3v) is 4.58. The van der Waals surface area contributed by atoms with E-state index in [-0.39, 0.29) is 5.91 Å². The smallest absolute Gasteiger partial charge is 0.220 e. The van der Waals surface area contributed by atoms with Gasteiger partial charge in [-0.1, -0.05) is 30.3 Å². The summed E-state index contributed by atoms with van der Waals surface area (Å²) in [5.74, 6) is 0.476. The molecule has 21 heavy (non-hydrogen) atoms. The van der Waals surface area contributed by atoms with Gasteiger partial charge < -0.3 is 5.32 Å². The lowest BCUT2D eigenvalue weighted by molar-refractivity contribution is -0.119. The predicted molar refractivity (Wildman–Crippen MR) is 82.1 cm³/mol. The van der Waals surface area contributed by atoms with Crippen LogP contribution in [0.25, 0.3) is 11.3 Å². The van der Waals surface area contributed by atoms with E-state index in [0.717, 1.165) is 24.2 Å². The molecule has 3 heteroatoms. The Morgan fingerprint density at radius 1 is 1.05 bits per heavy atom. The minimum atomic E-state index is 0.157. The van der Waals surface area contributed by atoms with Crippen LogP contribution >= 0.6 is 0 Å². The second kappa shape index (κ2) is 4.99. The third kappa shape index (κ3) is 2.33. The normalized spacial score (nSPS) is 20.4. The maximum absolute atomic E-state index is 11.3. The van der Waals surface area contributed by atoms with Gasteiger partial charge in [0.2, 0.25) is 5.91 Å². The van der Waals surface area contributed by atoms with Crippen LogP contribution in [-0.2, 0) is 17.6 Å². The molecule has 1 saturated heterocycles. The number of nitrogens with zero attached hydrogens (tertiary/aromatic N) is 1. The quantitative estimate of drug-likeness (QED) is 0.918. The monoisotopic (exact) mass is 278 g/mol. The SMILES string of the molecule is O=C1CC(c2ccc(-c3ccc4c(n3)CCC4)cc2)CN1. The van der Waals surface area contributed by atoms with Gasteiger partial charge in [-0.05, 0) is 36.5 Å². The van der Waals surface area contributed by atoms with Crippen molar-refractivity contribution in [3.63, 3.8) is 0 Å². The molecule has 1 fully saturated rings. The fraction of sp³-hybridized carbons (Fsp3) is 0.333. The molecule has 1 aliphatic carbocycles. The highest BCUT2D eigenvalue weighted by molar-refractivity contribution is 5.79. The summed E-state index contributed by atoms with van der Waals surface area (Å²) in [6, 6.07) is 12.9. The fourth-order valence-corrected chi connectivity index (χ4v) is 3.35. The highest BCUT2D eigenvalue weighted by atomic mass is 16.1. The number of carbonyl (C=O) groups is 1. The number of carbonyl (C=O) groups excluding carboxylic acids is 1.